The monoisotopic (exact) mass is 453 g/mol. The summed E-state index contributed by atoms with van der Waals surface area (Å²) in [5, 5.41) is 7.18. The Kier molecular flexibility index (Phi) is 6.69. The van der Waals surface area contributed by atoms with Gasteiger partial charge in [-0.05, 0) is 55.4 Å². The molecule has 168 valence electrons. The van der Waals surface area contributed by atoms with Crippen LogP contribution >= 0.6 is 0 Å². The Morgan fingerprint density at radius 2 is 1.69 bits per heavy atom. The minimum Gasteiger partial charge on any atom is -0.326 e. The third-order valence-corrected chi connectivity index (χ3v) is 7.45. The van der Waals surface area contributed by atoms with Crippen molar-refractivity contribution in [3.63, 3.8) is 0 Å². The first-order valence-electron chi connectivity index (χ1n) is 10.6. The zero-order valence-electron chi connectivity index (χ0n) is 18.0. The van der Waals surface area contributed by atoms with Crippen LogP contribution in [0.2, 0.25) is 0 Å². The summed E-state index contributed by atoms with van der Waals surface area (Å²) in [5.41, 5.74) is 2.51. The fourth-order valence-corrected chi connectivity index (χ4v) is 5.00. The Balaban J connectivity index is 1.31. The van der Waals surface area contributed by atoms with E-state index in [-0.39, 0.29) is 10.8 Å². The third kappa shape index (κ3) is 5.24. The van der Waals surface area contributed by atoms with Crippen LogP contribution in [0.1, 0.15) is 12.0 Å². The van der Waals surface area contributed by atoms with Crippen molar-refractivity contribution in [3.8, 4) is 5.69 Å². The maximum absolute atomic E-state index is 12.8. The molecule has 0 bridgehead atoms. The van der Waals surface area contributed by atoms with Gasteiger partial charge in [-0.3, -0.25) is 4.79 Å². The van der Waals surface area contributed by atoms with Crippen LogP contribution < -0.4 is 5.32 Å². The first kappa shape index (κ1) is 22.2. The maximum atomic E-state index is 12.8. The minimum atomic E-state index is -3.51. The van der Waals surface area contributed by atoms with E-state index in [1.165, 1.54) is 4.31 Å². The highest BCUT2D eigenvalue weighted by Gasteiger charge is 2.27. The van der Waals surface area contributed by atoms with Gasteiger partial charge in [0.25, 0.3) is 0 Å². The van der Waals surface area contributed by atoms with Gasteiger partial charge in [0, 0.05) is 44.5 Å². The fourth-order valence-electron chi connectivity index (χ4n) is 3.58. The van der Waals surface area contributed by atoms with E-state index in [9.17, 15) is 13.2 Å². The molecule has 32 heavy (non-hydrogen) atoms. The van der Waals surface area contributed by atoms with E-state index in [1.54, 1.807) is 35.1 Å². The zero-order valence-corrected chi connectivity index (χ0v) is 18.8. The van der Waals surface area contributed by atoms with E-state index in [4.69, 9.17) is 0 Å². The van der Waals surface area contributed by atoms with Crippen molar-refractivity contribution in [1.82, 2.24) is 19.0 Å². The van der Waals surface area contributed by atoms with E-state index in [0.717, 1.165) is 24.3 Å². The number of aromatic nitrogens is 2. The number of benzene rings is 2. The highest BCUT2D eigenvalue weighted by Crippen LogP contribution is 2.20. The number of carbonyl (C=O) groups is 1. The molecule has 3 aromatic rings. The molecule has 0 saturated carbocycles. The van der Waals surface area contributed by atoms with Crippen molar-refractivity contribution in [3.05, 3.63) is 72.6 Å². The largest absolute Gasteiger partial charge is 0.326 e. The van der Waals surface area contributed by atoms with Crippen LogP contribution in [-0.4, -0.2) is 66.5 Å². The molecule has 1 saturated heterocycles. The van der Waals surface area contributed by atoms with Gasteiger partial charge in [-0.25, -0.2) is 13.1 Å². The second kappa shape index (κ2) is 9.64. The molecule has 2 heterocycles. The number of rotatable bonds is 7. The summed E-state index contributed by atoms with van der Waals surface area (Å²) in [6.07, 6.45) is 4.55. The first-order chi connectivity index (χ1) is 15.4. The molecule has 8 nitrogen and oxygen atoms in total. The van der Waals surface area contributed by atoms with Crippen molar-refractivity contribution in [2.75, 3.05) is 38.5 Å². The number of carbonyl (C=O) groups excluding carboxylic acids is 1. The lowest BCUT2D eigenvalue weighted by Crippen LogP contribution is -2.46. The van der Waals surface area contributed by atoms with Crippen LogP contribution in [0.5, 0.6) is 0 Å². The number of piperazine rings is 1. The Labute approximate surface area is 188 Å². The van der Waals surface area contributed by atoms with Gasteiger partial charge in [0.1, 0.15) is 0 Å². The molecule has 0 unspecified atom stereocenters. The predicted octanol–water partition coefficient (Wildman–Crippen LogP) is 2.38. The Morgan fingerprint density at radius 1 is 1.00 bits per heavy atom. The third-order valence-electron chi connectivity index (χ3n) is 5.54. The van der Waals surface area contributed by atoms with Gasteiger partial charge in [0.2, 0.25) is 15.9 Å². The van der Waals surface area contributed by atoms with Crippen molar-refractivity contribution < 1.29 is 13.2 Å². The first-order valence-corrected chi connectivity index (χ1v) is 12.0. The molecular formula is C23H27N5O3S. The second-order valence-electron chi connectivity index (χ2n) is 7.91. The Bertz CT molecular complexity index is 1150. The fraction of sp³-hybridized carbons (Fsp3) is 0.304. The number of nitrogens with zero attached hydrogens (tertiary/aromatic N) is 4. The smallest absolute Gasteiger partial charge is 0.243 e. The van der Waals surface area contributed by atoms with Gasteiger partial charge >= 0.3 is 0 Å². The summed E-state index contributed by atoms with van der Waals surface area (Å²) in [7, 11) is -1.53. The SMILES string of the molecule is CN1CCN(S(=O)(=O)c2ccc(NC(=O)CCc3cnn(-c4ccccc4)c3)cc2)CC1. The molecule has 0 radical (unpaired) electrons. The van der Waals surface area contributed by atoms with Crippen LogP contribution in [-0.2, 0) is 21.2 Å². The van der Waals surface area contributed by atoms with Crippen LogP contribution in [0, 0.1) is 0 Å². The normalized spacial score (nSPS) is 15.5. The molecule has 1 aromatic heterocycles. The molecule has 9 heteroatoms. The number of para-hydroxylation sites is 1. The van der Waals surface area contributed by atoms with Gasteiger partial charge in [0.15, 0.2) is 0 Å². The van der Waals surface area contributed by atoms with Gasteiger partial charge < -0.3 is 10.2 Å². The van der Waals surface area contributed by atoms with Gasteiger partial charge in [-0.2, -0.15) is 9.40 Å². The van der Waals surface area contributed by atoms with E-state index >= 15 is 0 Å². The summed E-state index contributed by atoms with van der Waals surface area (Å²) in [4.78, 5) is 14.7. The predicted molar refractivity (Wildman–Crippen MR) is 123 cm³/mol. The number of likely N-dealkylation sites (N-methyl/N-ethyl adjacent to an activating group) is 1. The minimum absolute atomic E-state index is 0.132. The van der Waals surface area contributed by atoms with Crippen LogP contribution in [0.4, 0.5) is 5.69 Å². The summed E-state index contributed by atoms with van der Waals surface area (Å²) in [6.45, 7) is 2.41. The number of nitrogens with one attached hydrogen (secondary N) is 1. The number of sulfonamides is 1. The van der Waals surface area contributed by atoms with E-state index < -0.39 is 10.0 Å². The molecule has 0 atom stereocenters. The lowest BCUT2D eigenvalue weighted by atomic mass is 10.2. The number of anilines is 1. The number of aryl methyl sites for hydroxylation is 1. The molecule has 1 aliphatic heterocycles. The van der Waals surface area contributed by atoms with E-state index in [2.05, 4.69) is 15.3 Å². The van der Waals surface area contributed by atoms with Gasteiger partial charge in [-0.1, -0.05) is 18.2 Å². The average Bonchev–Trinajstić information content (AvgIpc) is 3.28. The molecule has 4 rings (SSSR count). The molecule has 0 aliphatic carbocycles. The quantitative estimate of drug-likeness (QED) is 0.594. The molecule has 1 aliphatic rings. The maximum Gasteiger partial charge on any atom is 0.243 e. The van der Waals surface area contributed by atoms with Crippen LogP contribution in [0.25, 0.3) is 5.69 Å². The van der Waals surface area contributed by atoms with Crippen molar-refractivity contribution in [1.29, 1.82) is 0 Å². The summed E-state index contributed by atoms with van der Waals surface area (Å²) >= 11 is 0. The molecular weight excluding hydrogens is 426 g/mol. The summed E-state index contributed by atoms with van der Waals surface area (Å²) in [5.74, 6) is -0.132. The lowest BCUT2D eigenvalue weighted by Gasteiger charge is -2.31. The summed E-state index contributed by atoms with van der Waals surface area (Å²) < 4.78 is 28.9. The molecule has 1 N–H and O–H groups in total. The molecule has 2 aromatic carbocycles. The summed E-state index contributed by atoms with van der Waals surface area (Å²) in [6, 6.07) is 16.2. The Hall–Kier alpha value is -3.01. The van der Waals surface area contributed by atoms with Crippen LogP contribution in [0.3, 0.4) is 0 Å². The highest BCUT2D eigenvalue weighted by atomic mass is 32.2. The topological polar surface area (TPSA) is 87.5 Å². The van der Waals surface area contributed by atoms with Crippen molar-refractivity contribution >= 4 is 21.6 Å². The van der Waals surface area contributed by atoms with Crippen molar-refractivity contribution in [2.45, 2.75) is 17.7 Å². The molecule has 1 amide bonds. The highest BCUT2D eigenvalue weighted by molar-refractivity contribution is 7.89. The number of amides is 1. The van der Waals surface area contributed by atoms with Gasteiger partial charge in [-0.15, -0.1) is 0 Å². The number of hydrogen-bond donors (Lipinski definition) is 1. The lowest BCUT2D eigenvalue weighted by molar-refractivity contribution is -0.116. The standard InChI is InChI=1S/C23H27N5O3S/c1-26-13-15-27(16-14-26)32(30,31)22-10-8-20(9-11-22)25-23(29)12-7-19-17-24-28(18-19)21-5-3-2-4-6-21/h2-6,8-11,17-18H,7,12-16H2,1H3,(H,25,29). The van der Waals surface area contributed by atoms with E-state index in [0.29, 0.717) is 31.6 Å². The second-order valence-corrected chi connectivity index (χ2v) is 9.85. The van der Waals surface area contributed by atoms with Crippen molar-refractivity contribution in [2.24, 2.45) is 0 Å². The van der Waals surface area contributed by atoms with Gasteiger partial charge in [0.05, 0.1) is 16.8 Å². The zero-order chi connectivity index (χ0) is 22.6. The number of hydrogen-bond acceptors (Lipinski definition) is 5. The Morgan fingerprint density at radius 3 is 2.38 bits per heavy atom. The molecule has 1 fully saturated rings. The average molecular weight is 454 g/mol. The molecule has 0 spiro atoms. The van der Waals surface area contributed by atoms with E-state index in [1.807, 2.05) is 43.6 Å². The van der Waals surface area contributed by atoms with Crippen LogP contribution in [0.15, 0.2) is 71.9 Å².